The molecule has 0 unspecified atom stereocenters. The third kappa shape index (κ3) is 4.22. The molecule has 0 spiro atoms. The fourth-order valence-electron chi connectivity index (χ4n) is 2.51. The summed E-state index contributed by atoms with van der Waals surface area (Å²) in [6.45, 7) is 1.84. The highest BCUT2D eigenvalue weighted by molar-refractivity contribution is 5.99. The molecule has 0 bridgehead atoms. The van der Waals surface area contributed by atoms with Crippen LogP contribution < -0.4 is 16.0 Å². The number of amides is 2. The zero-order valence-electron chi connectivity index (χ0n) is 12.4. The Kier molecular flexibility index (Phi) is 5.58. The molecule has 5 nitrogen and oxygen atoms in total. The number of carbonyl (C=O) groups excluding carboxylic acids is 1. The van der Waals surface area contributed by atoms with Gasteiger partial charge in [-0.25, -0.2) is 4.79 Å². The Bertz CT molecular complexity index is 754. The van der Waals surface area contributed by atoms with Crippen molar-refractivity contribution in [2.45, 2.75) is 13.0 Å². The molecule has 0 saturated carbocycles. The van der Waals surface area contributed by atoms with Gasteiger partial charge in [0.15, 0.2) is 0 Å². The average Bonchev–Trinajstić information content (AvgIpc) is 2.55. The first kappa shape index (κ1) is 16.8. The van der Waals surface area contributed by atoms with Crippen LogP contribution >= 0.6 is 12.4 Å². The van der Waals surface area contributed by atoms with E-state index in [1.54, 1.807) is 24.3 Å². The molecular formula is C17H17ClN4O. The molecule has 1 heterocycles. The largest absolute Gasteiger partial charge is 0.323 e. The number of nitriles is 1. The van der Waals surface area contributed by atoms with Gasteiger partial charge in [-0.05, 0) is 54.4 Å². The van der Waals surface area contributed by atoms with E-state index >= 15 is 0 Å². The maximum absolute atomic E-state index is 12.0. The number of benzene rings is 2. The van der Waals surface area contributed by atoms with Crippen LogP contribution in [-0.4, -0.2) is 12.6 Å². The summed E-state index contributed by atoms with van der Waals surface area (Å²) < 4.78 is 0. The molecule has 6 heteroatoms. The highest BCUT2D eigenvalue weighted by atomic mass is 35.5. The van der Waals surface area contributed by atoms with Gasteiger partial charge in [0, 0.05) is 17.9 Å². The van der Waals surface area contributed by atoms with Crippen LogP contribution in [-0.2, 0) is 13.0 Å². The van der Waals surface area contributed by atoms with Crippen LogP contribution in [0.3, 0.4) is 0 Å². The van der Waals surface area contributed by atoms with E-state index < -0.39 is 0 Å². The van der Waals surface area contributed by atoms with Crippen LogP contribution in [0.1, 0.15) is 16.7 Å². The first-order valence-corrected chi connectivity index (χ1v) is 7.15. The number of rotatable bonds is 2. The van der Waals surface area contributed by atoms with E-state index in [4.69, 9.17) is 5.26 Å². The molecule has 3 N–H and O–H groups in total. The molecule has 118 valence electrons. The number of anilines is 2. The van der Waals surface area contributed by atoms with Crippen molar-refractivity contribution in [3.05, 3.63) is 59.2 Å². The van der Waals surface area contributed by atoms with Gasteiger partial charge in [0.2, 0.25) is 0 Å². The summed E-state index contributed by atoms with van der Waals surface area (Å²) in [5.74, 6) is 0. The van der Waals surface area contributed by atoms with Crippen LogP contribution in [0.5, 0.6) is 0 Å². The number of carbonyl (C=O) groups is 1. The maximum atomic E-state index is 12.0. The Balaban J connectivity index is 0.00000192. The van der Waals surface area contributed by atoms with Gasteiger partial charge in [-0.3, -0.25) is 0 Å². The highest BCUT2D eigenvalue weighted by Crippen LogP contribution is 2.19. The molecule has 0 aliphatic carbocycles. The zero-order chi connectivity index (χ0) is 15.4. The summed E-state index contributed by atoms with van der Waals surface area (Å²) in [5.41, 5.74) is 4.43. The molecule has 23 heavy (non-hydrogen) atoms. The Morgan fingerprint density at radius 3 is 2.65 bits per heavy atom. The van der Waals surface area contributed by atoms with Crippen molar-refractivity contribution >= 4 is 29.8 Å². The zero-order valence-corrected chi connectivity index (χ0v) is 13.2. The number of nitrogens with zero attached hydrogens (tertiary/aromatic N) is 1. The molecular weight excluding hydrogens is 312 g/mol. The van der Waals surface area contributed by atoms with Gasteiger partial charge in [0.1, 0.15) is 0 Å². The summed E-state index contributed by atoms with van der Waals surface area (Å²) in [6.07, 6.45) is 0.969. The first-order chi connectivity index (χ1) is 10.7. The van der Waals surface area contributed by atoms with Crippen molar-refractivity contribution in [1.82, 2.24) is 5.32 Å². The molecule has 1 aliphatic heterocycles. The summed E-state index contributed by atoms with van der Waals surface area (Å²) in [7, 11) is 0. The molecule has 2 aromatic rings. The van der Waals surface area contributed by atoms with E-state index in [1.807, 2.05) is 24.3 Å². The van der Waals surface area contributed by atoms with E-state index in [0.29, 0.717) is 11.3 Å². The normalized spacial score (nSPS) is 12.3. The van der Waals surface area contributed by atoms with E-state index in [-0.39, 0.29) is 18.4 Å². The Morgan fingerprint density at radius 2 is 1.87 bits per heavy atom. The number of hydrogen-bond donors (Lipinski definition) is 3. The van der Waals surface area contributed by atoms with E-state index in [1.165, 1.54) is 11.1 Å². The molecule has 2 amide bonds. The number of nitrogens with one attached hydrogen (secondary N) is 3. The summed E-state index contributed by atoms with van der Waals surface area (Å²) in [4.78, 5) is 12.0. The molecule has 1 aliphatic rings. The van der Waals surface area contributed by atoms with E-state index in [9.17, 15) is 4.79 Å². The molecule has 0 radical (unpaired) electrons. The summed E-state index contributed by atoms with van der Waals surface area (Å²) >= 11 is 0. The third-order valence-corrected chi connectivity index (χ3v) is 3.60. The van der Waals surface area contributed by atoms with Crippen molar-refractivity contribution in [3.63, 3.8) is 0 Å². The average molecular weight is 329 g/mol. The predicted molar refractivity (Wildman–Crippen MR) is 92.9 cm³/mol. The van der Waals surface area contributed by atoms with Gasteiger partial charge in [-0.1, -0.05) is 12.1 Å². The second kappa shape index (κ2) is 7.63. The van der Waals surface area contributed by atoms with Crippen LogP contribution in [0.2, 0.25) is 0 Å². The summed E-state index contributed by atoms with van der Waals surface area (Å²) in [5, 5.41) is 17.7. The smallest absolute Gasteiger partial charge is 0.312 e. The topological polar surface area (TPSA) is 77.0 Å². The van der Waals surface area contributed by atoms with E-state index in [0.717, 1.165) is 25.2 Å². The van der Waals surface area contributed by atoms with Crippen molar-refractivity contribution < 1.29 is 4.79 Å². The minimum absolute atomic E-state index is 0. The second-order valence-electron chi connectivity index (χ2n) is 5.18. The monoisotopic (exact) mass is 328 g/mol. The van der Waals surface area contributed by atoms with Crippen molar-refractivity contribution in [2.75, 3.05) is 17.2 Å². The van der Waals surface area contributed by atoms with Crippen LogP contribution in [0, 0.1) is 11.3 Å². The molecule has 0 atom stereocenters. The maximum Gasteiger partial charge on any atom is 0.323 e. The van der Waals surface area contributed by atoms with Gasteiger partial charge < -0.3 is 16.0 Å². The molecule has 0 saturated heterocycles. The van der Waals surface area contributed by atoms with Crippen molar-refractivity contribution in [1.29, 1.82) is 5.26 Å². The van der Waals surface area contributed by atoms with Gasteiger partial charge >= 0.3 is 6.03 Å². The lowest BCUT2D eigenvalue weighted by molar-refractivity contribution is 0.262. The first-order valence-electron chi connectivity index (χ1n) is 7.15. The number of hydrogen-bond acceptors (Lipinski definition) is 3. The van der Waals surface area contributed by atoms with Crippen LogP contribution in [0.15, 0.2) is 42.5 Å². The Morgan fingerprint density at radius 1 is 1.09 bits per heavy atom. The Labute approximate surface area is 141 Å². The van der Waals surface area contributed by atoms with Gasteiger partial charge in [-0.2, -0.15) is 5.26 Å². The highest BCUT2D eigenvalue weighted by Gasteiger charge is 2.10. The van der Waals surface area contributed by atoms with Crippen molar-refractivity contribution in [3.8, 4) is 6.07 Å². The Hall–Kier alpha value is -2.55. The summed E-state index contributed by atoms with van der Waals surface area (Å²) in [6, 6.07) is 14.5. The predicted octanol–water partition coefficient (Wildman–Crippen LogP) is 3.27. The van der Waals surface area contributed by atoms with Crippen LogP contribution in [0.25, 0.3) is 0 Å². The van der Waals surface area contributed by atoms with Crippen LogP contribution in [0.4, 0.5) is 16.2 Å². The lowest BCUT2D eigenvalue weighted by atomic mass is 10.0. The molecule has 0 fully saturated rings. The standard InChI is InChI=1S/C17H16N4O.ClH/c18-10-12-2-1-3-15(8-12)20-17(22)21-16-5-4-14-11-19-7-6-13(14)9-16;/h1-5,8-9,19H,6-7,11H2,(H2,20,21,22);1H. The fraction of sp³-hybridized carbons (Fsp3) is 0.176. The SMILES string of the molecule is Cl.N#Cc1cccc(NC(=O)Nc2ccc3c(c2)CCNC3)c1. The quantitative estimate of drug-likeness (QED) is 0.791. The molecule has 0 aromatic heterocycles. The second-order valence-corrected chi connectivity index (χ2v) is 5.18. The van der Waals surface area contributed by atoms with Gasteiger partial charge in [-0.15, -0.1) is 12.4 Å². The minimum Gasteiger partial charge on any atom is -0.312 e. The lowest BCUT2D eigenvalue weighted by Crippen LogP contribution is -2.24. The number of fused-ring (bicyclic) bond motifs is 1. The third-order valence-electron chi connectivity index (χ3n) is 3.60. The lowest BCUT2D eigenvalue weighted by Gasteiger charge is -2.18. The minimum atomic E-state index is -0.316. The van der Waals surface area contributed by atoms with Gasteiger partial charge in [0.05, 0.1) is 11.6 Å². The van der Waals surface area contributed by atoms with Crippen molar-refractivity contribution in [2.24, 2.45) is 0 Å². The number of urea groups is 1. The number of halogens is 1. The van der Waals surface area contributed by atoms with Gasteiger partial charge in [0.25, 0.3) is 0 Å². The fourth-order valence-corrected chi connectivity index (χ4v) is 2.51. The van der Waals surface area contributed by atoms with E-state index in [2.05, 4.69) is 16.0 Å². The molecule has 2 aromatic carbocycles. The molecule has 3 rings (SSSR count).